The molecule has 0 aliphatic rings. The van der Waals surface area contributed by atoms with Crippen LogP contribution in [0, 0.1) is 0 Å². The Balaban J connectivity index is 1.86. The number of hydrogen-bond donors (Lipinski definition) is 1. The molecule has 1 amide bonds. The summed E-state index contributed by atoms with van der Waals surface area (Å²) in [6.45, 7) is 0. The van der Waals surface area contributed by atoms with E-state index in [2.05, 4.69) is 15.3 Å². The van der Waals surface area contributed by atoms with Gasteiger partial charge in [0, 0.05) is 12.4 Å². The second-order valence-corrected chi connectivity index (χ2v) is 5.97. The molecule has 0 aliphatic carbocycles. The van der Waals surface area contributed by atoms with Crippen LogP contribution >= 0.6 is 34.8 Å². The quantitative estimate of drug-likeness (QED) is 0.636. The second-order valence-electron chi connectivity index (χ2n) is 4.81. The number of benzene rings is 1. The maximum Gasteiger partial charge on any atom is 0.276 e. The Morgan fingerprint density at radius 3 is 2.48 bits per heavy atom. The van der Waals surface area contributed by atoms with E-state index in [1.807, 2.05) is 18.2 Å². The fraction of sp³-hybridized carbons (Fsp3) is 0. The Labute approximate surface area is 158 Å². The molecule has 3 rings (SSSR count). The normalized spacial score (nSPS) is 10.4. The average Bonchev–Trinajstić information content (AvgIpc) is 2.62. The Kier molecular flexibility index (Phi) is 5.38. The molecule has 0 fully saturated rings. The van der Waals surface area contributed by atoms with E-state index >= 15 is 0 Å². The predicted molar refractivity (Wildman–Crippen MR) is 98.0 cm³/mol. The maximum atomic E-state index is 12.5. The number of carbonyl (C=O) groups is 1. The van der Waals surface area contributed by atoms with Gasteiger partial charge < -0.3 is 10.1 Å². The Morgan fingerprint density at radius 1 is 0.960 bits per heavy atom. The summed E-state index contributed by atoms with van der Waals surface area (Å²) in [4.78, 5) is 20.5. The minimum atomic E-state index is -0.561. The highest BCUT2D eigenvalue weighted by Crippen LogP contribution is 2.32. The lowest BCUT2D eigenvalue weighted by Crippen LogP contribution is -2.15. The first-order valence-electron chi connectivity index (χ1n) is 7.05. The number of rotatable bonds is 4. The third-order valence-electron chi connectivity index (χ3n) is 3.11. The topological polar surface area (TPSA) is 64.1 Å². The van der Waals surface area contributed by atoms with E-state index in [-0.39, 0.29) is 26.6 Å². The van der Waals surface area contributed by atoms with Gasteiger partial charge in [-0.3, -0.25) is 4.79 Å². The van der Waals surface area contributed by atoms with Crippen molar-refractivity contribution in [1.29, 1.82) is 0 Å². The monoisotopic (exact) mass is 393 g/mol. The SMILES string of the molecule is O=C(Nc1cccnc1Oc1ccccc1)c1ncc(Cl)c(Cl)c1Cl. The summed E-state index contributed by atoms with van der Waals surface area (Å²) in [5.74, 6) is 0.259. The summed E-state index contributed by atoms with van der Waals surface area (Å²) < 4.78 is 5.69. The molecule has 0 saturated carbocycles. The van der Waals surface area contributed by atoms with Crippen molar-refractivity contribution in [2.75, 3.05) is 5.32 Å². The van der Waals surface area contributed by atoms with Gasteiger partial charge in [0.15, 0.2) is 0 Å². The van der Waals surface area contributed by atoms with Crippen molar-refractivity contribution in [2.45, 2.75) is 0 Å². The molecule has 0 aliphatic heterocycles. The van der Waals surface area contributed by atoms with E-state index < -0.39 is 5.91 Å². The molecule has 0 bridgehead atoms. The molecular formula is C17H10Cl3N3O2. The number of ether oxygens (including phenoxy) is 1. The van der Waals surface area contributed by atoms with Crippen LogP contribution in [0.4, 0.5) is 5.69 Å². The number of pyridine rings is 2. The minimum absolute atomic E-state index is 0.0268. The fourth-order valence-corrected chi connectivity index (χ4v) is 2.52. The zero-order valence-electron chi connectivity index (χ0n) is 12.5. The van der Waals surface area contributed by atoms with Crippen molar-refractivity contribution in [3.63, 3.8) is 0 Å². The molecule has 0 saturated heterocycles. The molecule has 0 radical (unpaired) electrons. The molecule has 3 aromatic rings. The Hall–Kier alpha value is -2.34. The van der Waals surface area contributed by atoms with Crippen LogP contribution in [0.15, 0.2) is 54.9 Å². The van der Waals surface area contributed by atoms with E-state index in [0.29, 0.717) is 11.4 Å². The third kappa shape index (κ3) is 4.02. The highest BCUT2D eigenvalue weighted by atomic mass is 35.5. The summed E-state index contributed by atoms with van der Waals surface area (Å²) >= 11 is 17.8. The smallest absolute Gasteiger partial charge is 0.276 e. The van der Waals surface area contributed by atoms with E-state index in [4.69, 9.17) is 39.5 Å². The van der Waals surface area contributed by atoms with Gasteiger partial charge in [0.25, 0.3) is 5.91 Å². The number of anilines is 1. The van der Waals surface area contributed by atoms with Crippen LogP contribution in [-0.4, -0.2) is 15.9 Å². The number of carbonyl (C=O) groups excluding carboxylic acids is 1. The first kappa shape index (κ1) is 17.5. The van der Waals surface area contributed by atoms with Crippen molar-refractivity contribution in [2.24, 2.45) is 0 Å². The molecule has 1 N–H and O–H groups in total. The lowest BCUT2D eigenvalue weighted by molar-refractivity contribution is 0.102. The first-order valence-corrected chi connectivity index (χ1v) is 8.18. The molecule has 2 aromatic heterocycles. The van der Waals surface area contributed by atoms with E-state index in [0.717, 1.165) is 0 Å². The third-order valence-corrected chi connectivity index (χ3v) is 4.35. The van der Waals surface area contributed by atoms with Crippen LogP contribution in [0.3, 0.4) is 0 Å². The number of aromatic nitrogens is 2. The predicted octanol–water partition coefficient (Wildman–Crippen LogP) is 5.48. The number of nitrogens with one attached hydrogen (secondary N) is 1. The largest absolute Gasteiger partial charge is 0.437 e. The lowest BCUT2D eigenvalue weighted by atomic mass is 10.3. The molecule has 126 valence electrons. The van der Waals surface area contributed by atoms with Gasteiger partial charge in [-0.25, -0.2) is 9.97 Å². The van der Waals surface area contributed by atoms with Crippen molar-refractivity contribution >= 4 is 46.4 Å². The summed E-state index contributed by atoms with van der Waals surface area (Å²) in [5.41, 5.74) is 0.311. The van der Waals surface area contributed by atoms with Crippen LogP contribution in [0.1, 0.15) is 10.5 Å². The van der Waals surface area contributed by atoms with Crippen molar-refractivity contribution in [3.8, 4) is 11.6 Å². The minimum Gasteiger partial charge on any atom is -0.437 e. The molecule has 2 heterocycles. The number of para-hydroxylation sites is 1. The van der Waals surface area contributed by atoms with Crippen LogP contribution in [0.25, 0.3) is 0 Å². The summed E-state index contributed by atoms with van der Waals surface area (Å²) in [5, 5.41) is 2.86. The van der Waals surface area contributed by atoms with E-state index in [1.165, 1.54) is 6.20 Å². The van der Waals surface area contributed by atoms with Gasteiger partial charge in [-0.15, -0.1) is 0 Å². The van der Waals surface area contributed by atoms with Gasteiger partial charge in [0.2, 0.25) is 5.88 Å². The van der Waals surface area contributed by atoms with Gasteiger partial charge in [0.05, 0.1) is 15.1 Å². The maximum absolute atomic E-state index is 12.5. The van der Waals surface area contributed by atoms with Crippen LogP contribution in [-0.2, 0) is 0 Å². The van der Waals surface area contributed by atoms with Gasteiger partial charge in [0.1, 0.15) is 17.1 Å². The summed E-state index contributed by atoms with van der Waals surface area (Å²) in [6, 6.07) is 12.4. The summed E-state index contributed by atoms with van der Waals surface area (Å²) in [6.07, 6.45) is 2.81. The van der Waals surface area contributed by atoms with E-state index in [9.17, 15) is 4.79 Å². The number of nitrogens with zero attached hydrogens (tertiary/aromatic N) is 2. The van der Waals surface area contributed by atoms with E-state index in [1.54, 1.807) is 30.5 Å². The first-order chi connectivity index (χ1) is 12.1. The van der Waals surface area contributed by atoms with Crippen molar-refractivity contribution in [3.05, 3.63) is 75.6 Å². The van der Waals surface area contributed by atoms with Crippen LogP contribution in [0.2, 0.25) is 15.1 Å². The highest BCUT2D eigenvalue weighted by Gasteiger charge is 2.19. The Morgan fingerprint density at radius 2 is 1.72 bits per heavy atom. The van der Waals surface area contributed by atoms with Gasteiger partial charge in [-0.2, -0.15) is 0 Å². The molecule has 5 nitrogen and oxygen atoms in total. The average molecular weight is 395 g/mol. The van der Waals surface area contributed by atoms with Gasteiger partial charge in [-0.1, -0.05) is 53.0 Å². The highest BCUT2D eigenvalue weighted by molar-refractivity contribution is 6.49. The number of hydrogen-bond acceptors (Lipinski definition) is 4. The zero-order valence-corrected chi connectivity index (χ0v) is 14.8. The number of amides is 1. The fourth-order valence-electron chi connectivity index (χ4n) is 1.95. The molecule has 0 unspecified atom stereocenters. The van der Waals surface area contributed by atoms with Crippen molar-refractivity contribution < 1.29 is 9.53 Å². The molecule has 0 spiro atoms. The van der Waals surface area contributed by atoms with Crippen molar-refractivity contribution in [1.82, 2.24) is 9.97 Å². The van der Waals surface area contributed by atoms with Gasteiger partial charge >= 0.3 is 0 Å². The zero-order chi connectivity index (χ0) is 17.8. The molecule has 8 heteroatoms. The molecule has 25 heavy (non-hydrogen) atoms. The summed E-state index contributed by atoms with van der Waals surface area (Å²) in [7, 11) is 0. The Bertz CT molecular complexity index is 920. The van der Waals surface area contributed by atoms with Crippen LogP contribution < -0.4 is 10.1 Å². The second kappa shape index (κ2) is 7.70. The molecule has 0 atom stereocenters. The molecular weight excluding hydrogens is 385 g/mol. The van der Waals surface area contributed by atoms with Gasteiger partial charge in [-0.05, 0) is 24.3 Å². The van der Waals surface area contributed by atoms with Crippen LogP contribution in [0.5, 0.6) is 11.6 Å². The lowest BCUT2D eigenvalue weighted by Gasteiger charge is -2.11. The standard InChI is InChI=1S/C17H10Cl3N3O2/c18-11-9-22-15(14(20)13(11)19)16(24)23-12-7-4-8-21-17(12)25-10-5-2-1-3-6-10/h1-9H,(H,23,24). The molecule has 1 aromatic carbocycles. The number of halogens is 3.